The molecule has 1 atom stereocenters. The van der Waals surface area contributed by atoms with Crippen molar-refractivity contribution in [2.45, 2.75) is 25.2 Å². The fraction of sp³-hybridized carbons (Fsp3) is 0.200. The van der Waals surface area contributed by atoms with E-state index in [1.807, 2.05) is 26.0 Å². The number of carbonyl (C=O) groups excluding carboxylic acids is 3. The molecule has 0 saturated heterocycles. The smallest absolute Gasteiger partial charge is 0.290 e. The number of rotatable bonds is 10. The van der Waals surface area contributed by atoms with Gasteiger partial charge in [-0.3, -0.25) is 19.4 Å². The molecule has 0 aliphatic heterocycles. The van der Waals surface area contributed by atoms with Crippen LogP contribution in [0.3, 0.4) is 0 Å². The number of nitrogens with two attached hydrogens (primary N) is 1. The number of fused-ring (bicyclic) bond motifs is 1. The highest BCUT2D eigenvalue weighted by atomic mass is 35.5. The van der Waals surface area contributed by atoms with Crippen molar-refractivity contribution in [2.75, 3.05) is 17.4 Å². The van der Waals surface area contributed by atoms with E-state index in [4.69, 9.17) is 5.73 Å². The first-order valence-electron chi connectivity index (χ1n) is 12.8. The number of amides is 3. The van der Waals surface area contributed by atoms with Crippen molar-refractivity contribution in [1.29, 1.82) is 0 Å². The summed E-state index contributed by atoms with van der Waals surface area (Å²) in [5, 5.41) is 1.57. The Kier molecular flexibility index (Phi) is 10.2. The lowest BCUT2D eigenvalue weighted by molar-refractivity contribution is -0.140. The molecule has 4 aromatic rings. The minimum absolute atomic E-state index is 0. The Morgan fingerprint density at radius 2 is 1.49 bits per heavy atom. The molecule has 0 aliphatic carbocycles. The maximum absolute atomic E-state index is 13.9. The molecule has 0 saturated carbocycles. The third-order valence-corrected chi connectivity index (χ3v) is 8.36. The first-order chi connectivity index (χ1) is 19.2. The van der Waals surface area contributed by atoms with Crippen molar-refractivity contribution in [3.05, 3.63) is 102 Å². The number of nitrogens with zero attached hydrogens (tertiary/aromatic N) is 3. The van der Waals surface area contributed by atoms with E-state index >= 15 is 0 Å². The molecule has 0 spiro atoms. The van der Waals surface area contributed by atoms with Crippen LogP contribution in [0.5, 0.6) is 0 Å². The van der Waals surface area contributed by atoms with Crippen molar-refractivity contribution >= 4 is 56.6 Å². The van der Waals surface area contributed by atoms with Crippen molar-refractivity contribution < 1.29 is 22.8 Å². The van der Waals surface area contributed by atoms with Gasteiger partial charge in [0.25, 0.3) is 15.9 Å². The minimum atomic E-state index is -4.36. The van der Waals surface area contributed by atoms with E-state index < -0.39 is 27.8 Å². The molecule has 1 heterocycles. The molecular formula is C30H31ClN4O5S. The molecule has 0 aliphatic rings. The first-order valence-corrected chi connectivity index (χ1v) is 14.3. The van der Waals surface area contributed by atoms with Gasteiger partial charge < -0.3 is 10.6 Å². The Hall–Kier alpha value is -4.28. The summed E-state index contributed by atoms with van der Waals surface area (Å²) in [5.41, 5.74) is 6.17. The maximum Gasteiger partial charge on any atom is 0.290 e. The van der Waals surface area contributed by atoms with Gasteiger partial charge in [0.15, 0.2) is 0 Å². The second-order valence-corrected chi connectivity index (χ2v) is 10.9. The average molecular weight is 595 g/mol. The summed E-state index contributed by atoms with van der Waals surface area (Å²) in [6, 6.07) is 22.7. The van der Waals surface area contributed by atoms with Crippen LogP contribution < -0.4 is 10.0 Å². The van der Waals surface area contributed by atoms with Gasteiger partial charge in [-0.1, -0.05) is 48.5 Å². The summed E-state index contributed by atoms with van der Waals surface area (Å²) in [6.07, 6.45) is 1.45. The first kappa shape index (κ1) is 31.3. The molecule has 3 aromatic carbocycles. The average Bonchev–Trinajstić information content (AvgIpc) is 2.97. The highest BCUT2D eigenvalue weighted by molar-refractivity contribution is 7.93. The molecule has 9 nitrogen and oxygen atoms in total. The van der Waals surface area contributed by atoms with Crippen LogP contribution in [0.25, 0.3) is 10.8 Å². The normalized spacial score (nSPS) is 11.8. The van der Waals surface area contributed by atoms with Crippen LogP contribution in [0.2, 0.25) is 0 Å². The zero-order valence-electron chi connectivity index (χ0n) is 22.6. The van der Waals surface area contributed by atoms with Gasteiger partial charge in [0.1, 0.15) is 11.6 Å². The van der Waals surface area contributed by atoms with Gasteiger partial charge in [-0.05, 0) is 73.0 Å². The topological polar surface area (TPSA) is 131 Å². The van der Waals surface area contributed by atoms with E-state index in [1.165, 1.54) is 41.4 Å². The number of hydrogen-bond donors (Lipinski definition) is 1. The van der Waals surface area contributed by atoms with Gasteiger partial charge in [-0.25, -0.2) is 8.42 Å². The van der Waals surface area contributed by atoms with Crippen LogP contribution in [-0.2, 0) is 26.0 Å². The Morgan fingerprint density at radius 1 is 0.854 bits per heavy atom. The number of pyridine rings is 1. The van der Waals surface area contributed by atoms with Crippen LogP contribution in [0.1, 0.15) is 29.9 Å². The second-order valence-electron chi connectivity index (χ2n) is 9.13. The molecule has 41 heavy (non-hydrogen) atoms. The standard InChI is InChI=1S/C30H30N4O5S.ClH/c1-3-33(4-2)29(36)26(28(31)35)19-21-12-15-24(16-13-21)34(30(37)27-11-7-8-18-32-27)40(38,39)25-17-14-22-9-5-6-10-23(22)20-25;/h5-18,20,26H,3-4,19H2,1-2H3,(H2,31,35);1H. The number of carbonyl (C=O) groups is 3. The molecule has 1 aromatic heterocycles. The van der Waals surface area contributed by atoms with Gasteiger partial charge in [-0.15, -0.1) is 12.4 Å². The number of hydrogen-bond acceptors (Lipinski definition) is 6. The lowest BCUT2D eigenvalue weighted by Crippen LogP contribution is -2.42. The molecular weight excluding hydrogens is 564 g/mol. The van der Waals surface area contributed by atoms with Gasteiger partial charge in [0, 0.05) is 19.3 Å². The predicted molar refractivity (Wildman–Crippen MR) is 160 cm³/mol. The molecule has 11 heteroatoms. The summed E-state index contributed by atoms with van der Waals surface area (Å²) >= 11 is 0. The third kappa shape index (κ3) is 6.72. The number of aromatic nitrogens is 1. The largest absolute Gasteiger partial charge is 0.369 e. The van der Waals surface area contributed by atoms with Crippen LogP contribution >= 0.6 is 12.4 Å². The van der Waals surface area contributed by atoms with E-state index in [1.54, 1.807) is 42.5 Å². The van der Waals surface area contributed by atoms with Gasteiger partial charge in [0.2, 0.25) is 11.8 Å². The Balaban J connectivity index is 0.00000462. The van der Waals surface area contributed by atoms with Crippen molar-refractivity contribution in [3.63, 3.8) is 0 Å². The van der Waals surface area contributed by atoms with Crippen molar-refractivity contribution in [3.8, 4) is 0 Å². The molecule has 0 bridgehead atoms. The zero-order valence-corrected chi connectivity index (χ0v) is 24.3. The lowest BCUT2D eigenvalue weighted by Gasteiger charge is -2.24. The monoisotopic (exact) mass is 594 g/mol. The van der Waals surface area contributed by atoms with Gasteiger partial charge >= 0.3 is 0 Å². The van der Waals surface area contributed by atoms with Crippen LogP contribution in [0.15, 0.2) is 96.0 Å². The Morgan fingerprint density at radius 3 is 2.07 bits per heavy atom. The highest BCUT2D eigenvalue weighted by Gasteiger charge is 2.33. The minimum Gasteiger partial charge on any atom is -0.369 e. The third-order valence-electron chi connectivity index (χ3n) is 6.65. The number of halogens is 1. The SMILES string of the molecule is CCN(CC)C(=O)C(Cc1ccc(N(C(=O)c2ccccn2)S(=O)(=O)c2ccc3ccccc3c2)cc1)C(N)=O.Cl. The van der Waals surface area contributed by atoms with Crippen molar-refractivity contribution in [1.82, 2.24) is 9.88 Å². The number of benzene rings is 3. The zero-order chi connectivity index (χ0) is 28.9. The van der Waals surface area contributed by atoms with E-state index in [2.05, 4.69) is 4.98 Å². The molecule has 1 unspecified atom stereocenters. The van der Waals surface area contributed by atoms with Crippen LogP contribution in [0.4, 0.5) is 5.69 Å². The molecule has 3 amide bonds. The fourth-order valence-electron chi connectivity index (χ4n) is 4.46. The predicted octanol–water partition coefficient (Wildman–Crippen LogP) is 4.20. The molecule has 2 N–H and O–H groups in total. The molecule has 0 fully saturated rings. The highest BCUT2D eigenvalue weighted by Crippen LogP contribution is 2.29. The Bertz CT molecular complexity index is 1640. The van der Waals surface area contributed by atoms with E-state index in [9.17, 15) is 22.8 Å². The van der Waals surface area contributed by atoms with Gasteiger partial charge in [-0.2, -0.15) is 4.31 Å². The number of anilines is 1. The number of sulfonamides is 1. The maximum atomic E-state index is 13.9. The summed E-state index contributed by atoms with van der Waals surface area (Å²) < 4.78 is 28.6. The summed E-state index contributed by atoms with van der Waals surface area (Å²) in [6.45, 7) is 4.51. The van der Waals surface area contributed by atoms with Crippen molar-refractivity contribution in [2.24, 2.45) is 11.7 Å². The molecule has 4 rings (SSSR count). The molecule has 0 radical (unpaired) electrons. The quantitative estimate of drug-likeness (QED) is 0.274. The van der Waals surface area contributed by atoms with E-state index in [0.717, 1.165) is 9.69 Å². The van der Waals surface area contributed by atoms with E-state index in [0.29, 0.717) is 24.0 Å². The summed E-state index contributed by atoms with van der Waals surface area (Å²) in [5.74, 6) is -3.01. The molecule has 214 valence electrons. The summed E-state index contributed by atoms with van der Waals surface area (Å²) in [4.78, 5) is 44.1. The Labute approximate surface area is 245 Å². The van der Waals surface area contributed by atoms with Crippen LogP contribution in [0, 0.1) is 5.92 Å². The number of primary amides is 1. The fourth-order valence-corrected chi connectivity index (χ4v) is 5.90. The van der Waals surface area contributed by atoms with E-state index in [-0.39, 0.29) is 41.0 Å². The van der Waals surface area contributed by atoms with Crippen LogP contribution in [-0.4, -0.2) is 49.1 Å². The van der Waals surface area contributed by atoms with Gasteiger partial charge in [0.05, 0.1) is 10.6 Å². The second kappa shape index (κ2) is 13.4. The lowest BCUT2D eigenvalue weighted by atomic mass is 9.97. The summed E-state index contributed by atoms with van der Waals surface area (Å²) in [7, 11) is -4.36.